The summed E-state index contributed by atoms with van der Waals surface area (Å²) in [7, 11) is 0. The molecule has 7 rings (SSSR count). The number of hydrogen-bond donors (Lipinski definition) is 1. The van der Waals surface area contributed by atoms with Gasteiger partial charge in [-0.05, 0) is 80.3 Å². The Labute approximate surface area is 225 Å². The fourth-order valence-electron chi connectivity index (χ4n) is 7.66. The van der Waals surface area contributed by atoms with E-state index in [2.05, 4.69) is 4.90 Å². The van der Waals surface area contributed by atoms with Crippen molar-refractivity contribution in [2.75, 3.05) is 13.1 Å². The predicted molar refractivity (Wildman–Crippen MR) is 138 cm³/mol. The van der Waals surface area contributed by atoms with Gasteiger partial charge in [-0.1, -0.05) is 35.3 Å². The fourth-order valence-corrected chi connectivity index (χ4v) is 8.16. The number of ketones is 1. The second-order valence-electron chi connectivity index (χ2n) is 11.4. The molecule has 0 radical (unpaired) electrons. The molecule has 8 heteroatoms. The van der Waals surface area contributed by atoms with E-state index in [1.165, 1.54) is 12.8 Å². The van der Waals surface area contributed by atoms with Crippen LogP contribution in [-0.2, 0) is 32.6 Å². The molecule has 3 fully saturated rings. The topological polar surface area (TPSA) is 76.1 Å². The van der Waals surface area contributed by atoms with E-state index in [1.54, 1.807) is 18.2 Å². The van der Waals surface area contributed by atoms with Crippen molar-refractivity contribution in [3.63, 3.8) is 0 Å². The molecule has 0 amide bonds. The summed E-state index contributed by atoms with van der Waals surface area (Å²) in [5.74, 6) is 0.866. The number of ether oxygens (including phenoxy) is 2. The third kappa shape index (κ3) is 3.41. The van der Waals surface area contributed by atoms with Gasteiger partial charge in [0.2, 0.25) is 0 Å². The lowest BCUT2D eigenvalue weighted by atomic mass is 9.48. The van der Waals surface area contributed by atoms with Gasteiger partial charge in [-0.2, -0.15) is 0 Å². The highest BCUT2D eigenvalue weighted by molar-refractivity contribution is 6.35. The molecule has 5 aliphatic rings. The fraction of sp³-hybridized carbons (Fsp3) is 0.517. The minimum absolute atomic E-state index is 0.0254. The van der Waals surface area contributed by atoms with Crippen LogP contribution >= 0.6 is 23.2 Å². The van der Waals surface area contributed by atoms with Gasteiger partial charge in [0, 0.05) is 35.0 Å². The van der Waals surface area contributed by atoms with E-state index < -0.39 is 17.1 Å². The highest BCUT2D eigenvalue weighted by Crippen LogP contribution is 2.66. The Kier molecular flexibility index (Phi) is 5.38. The summed E-state index contributed by atoms with van der Waals surface area (Å²) in [6, 6.07) is 8.89. The lowest BCUT2D eigenvalue weighted by molar-refractivity contribution is -0.216. The van der Waals surface area contributed by atoms with Crippen LogP contribution < -0.4 is 4.74 Å². The molecule has 2 aromatic rings. The van der Waals surface area contributed by atoms with E-state index in [4.69, 9.17) is 32.7 Å². The first kappa shape index (κ1) is 23.8. The lowest BCUT2D eigenvalue weighted by Gasteiger charge is -2.63. The number of phenolic OH excluding ortho intramolecular Hbond substituents is 1. The number of halogens is 2. The molecule has 0 aromatic heterocycles. The maximum Gasteiger partial charge on any atom is 0.306 e. The third-order valence-corrected chi connectivity index (χ3v) is 10.0. The van der Waals surface area contributed by atoms with Crippen LogP contribution in [0, 0.1) is 5.92 Å². The minimum Gasteiger partial charge on any atom is -0.504 e. The maximum absolute atomic E-state index is 13.6. The van der Waals surface area contributed by atoms with E-state index in [9.17, 15) is 14.7 Å². The Morgan fingerprint density at radius 2 is 2.03 bits per heavy atom. The first-order valence-corrected chi connectivity index (χ1v) is 14.0. The molecule has 194 valence electrons. The van der Waals surface area contributed by atoms with E-state index in [1.807, 2.05) is 12.1 Å². The lowest BCUT2D eigenvalue weighted by Crippen LogP contribution is -2.77. The van der Waals surface area contributed by atoms with Crippen molar-refractivity contribution in [2.24, 2.45) is 5.92 Å². The summed E-state index contributed by atoms with van der Waals surface area (Å²) in [5.41, 5.74) is 1.17. The minimum atomic E-state index is -0.883. The summed E-state index contributed by atoms with van der Waals surface area (Å²) in [5, 5.41) is 11.8. The Balaban J connectivity index is 1.28. The number of aromatic hydroxyl groups is 1. The average Bonchev–Trinajstić information content (AvgIpc) is 3.60. The van der Waals surface area contributed by atoms with Gasteiger partial charge >= 0.3 is 5.97 Å². The summed E-state index contributed by atoms with van der Waals surface area (Å²) < 4.78 is 12.9. The van der Waals surface area contributed by atoms with Crippen LogP contribution in [0.5, 0.6) is 11.5 Å². The number of phenols is 1. The zero-order valence-corrected chi connectivity index (χ0v) is 22.0. The normalized spacial score (nSPS) is 31.6. The van der Waals surface area contributed by atoms with Crippen LogP contribution in [0.25, 0.3) is 0 Å². The number of aryl methyl sites for hydroxylation is 1. The second-order valence-corrected chi connectivity index (χ2v) is 12.2. The summed E-state index contributed by atoms with van der Waals surface area (Å²) in [4.78, 5) is 29.4. The highest BCUT2D eigenvalue weighted by Gasteiger charge is 2.75. The van der Waals surface area contributed by atoms with Crippen molar-refractivity contribution < 1.29 is 24.2 Å². The SMILES string of the molecule is O=C(CCc1ccc(Cl)cc1Cl)O[C@@]12CCC(=O)[C@@H]3Oc4c(O)ccc5c4C31CCN(CC1CC1)C2C5. The smallest absolute Gasteiger partial charge is 0.306 e. The number of likely N-dealkylation sites (tertiary alicyclic amines) is 1. The van der Waals surface area contributed by atoms with Crippen LogP contribution in [-0.4, -0.2) is 52.6 Å². The predicted octanol–water partition coefficient (Wildman–Crippen LogP) is 5.02. The van der Waals surface area contributed by atoms with Gasteiger partial charge in [-0.3, -0.25) is 14.5 Å². The van der Waals surface area contributed by atoms with Gasteiger partial charge in [0.15, 0.2) is 23.4 Å². The molecule has 1 N–H and O–H groups in total. The number of hydrogen-bond acceptors (Lipinski definition) is 6. The van der Waals surface area contributed by atoms with Gasteiger partial charge in [-0.15, -0.1) is 0 Å². The standard InChI is InChI=1S/C29H29Cl2NO5/c30-19-6-3-17(20(31)14-19)5-8-24(35)37-29-10-9-22(34)27-28(29)11-12-32(15-16-1-2-16)23(29)13-18-4-7-21(33)26(36-27)25(18)28/h3-4,6-7,14,16,23,27,33H,1-2,5,8-13,15H2/t23?,27-,28?,29+/m0/s1. The van der Waals surface area contributed by atoms with Crippen LogP contribution in [0.4, 0.5) is 0 Å². The number of carbonyl (C=O) groups excluding carboxylic acids is 2. The first-order chi connectivity index (χ1) is 17.8. The molecule has 6 nitrogen and oxygen atoms in total. The van der Waals surface area contributed by atoms with Crippen LogP contribution in [0.1, 0.15) is 55.2 Å². The molecule has 1 saturated heterocycles. The van der Waals surface area contributed by atoms with Gasteiger partial charge in [0.05, 0.1) is 11.5 Å². The monoisotopic (exact) mass is 541 g/mol. The molecule has 2 aliphatic heterocycles. The van der Waals surface area contributed by atoms with E-state index in [0.29, 0.717) is 53.8 Å². The molecule has 3 aliphatic carbocycles. The molecule has 37 heavy (non-hydrogen) atoms. The van der Waals surface area contributed by atoms with E-state index in [0.717, 1.165) is 29.8 Å². The number of piperidine rings is 1. The first-order valence-electron chi connectivity index (χ1n) is 13.3. The number of esters is 1. The van der Waals surface area contributed by atoms with Gasteiger partial charge < -0.3 is 14.6 Å². The number of benzene rings is 2. The highest BCUT2D eigenvalue weighted by atomic mass is 35.5. The molecule has 2 saturated carbocycles. The molecular weight excluding hydrogens is 513 g/mol. The summed E-state index contributed by atoms with van der Waals surface area (Å²) in [6.45, 7) is 1.81. The van der Waals surface area contributed by atoms with Crippen LogP contribution in [0.15, 0.2) is 30.3 Å². The summed E-state index contributed by atoms with van der Waals surface area (Å²) in [6.07, 6.45) is 4.48. The van der Waals surface area contributed by atoms with Crippen molar-refractivity contribution >= 4 is 35.0 Å². The van der Waals surface area contributed by atoms with Crippen LogP contribution in [0.3, 0.4) is 0 Å². The molecule has 1 spiro atoms. The van der Waals surface area contributed by atoms with Crippen molar-refractivity contribution in [3.8, 4) is 11.5 Å². The number of rotatable bonds is 6. The van der Waals surface area contributed by atoms with Crippen LogP contribution in [0.2, 0.25) is 10.0 Å². The molecule has 2 heterocycles. The zero-order valence-electron chi connectivity index (χ0n) is 20.5. The zero-order chi connectivity index (χ0) is 25.5. The van der Waals surface area contributed by atoms with Crippen molar-refractivity contribution in [1.82, 2.24) is 4.90 Å². The number of nitrogens with zero attached hydrogens (tertiary/aromatic N) is 1. The largest absolute Gasteiger partial charge is 0.504 e. The molecule has 2 bridgehead atoms. The van der Waals surface area contributed by atoms with Crippen molar-refractivity contribution in [1.29, 1.82) is 0 Å². The maximum atomic E-state index is 13.6. The van der Waals surface area contributed by atoms with Crippen molar-refractivity contribution in [3.05, 3.63) is 57.1 Å². The molecule has 2 aromatic carbocycles. The van der Waals surface area contributed by atoms with Gasteiger partial charge in [0.1, 0.15) is 5.60 Å². The van der Waals surface area contributed by atoms with Gasteiger partial charge in [-0.25, -0.2) is 0 Å². The average molecular weight is 542 g/mol. The Bertz CT molecular complexity index is 1330. The molecule has 2 unspecified atom stereocenters. The Morgan fingerprint density at radius 1 is 1.19 bits per heavy atom. The third-order valence-electron chi connectivity index (χ3n) is 9.43. The Hall–Kier alpha value is -2.28. The van der Waals surface area contributed by atoms with Crippen molar-refractivity contribution in [2.45, 2.75) is 74.5 Å². The number of Topliss-reactive ketones (excluding diaryl/α,β-unsaturated/α-hetero) is 1. The molecule has 4 atom stereocenters. The van der Waals surface area contributed by atoms with Gasteiger partial charge in [0.25, 0.3) is 0 Å². The number of carbonyl (C=O) groups is 2. The molecular formula is C29H29Cl2NO5. The Morgan fingerprint density at radius 3 is 2.81 bits per heavy atom. The van der Waals surface area contributed by atoms with E-state index >= 15 is 0 Å². The quantitative estimate of drug-likeness (QED) is 0.517. The van der Waals surface area contributed by atoms with E-state index in [-0.39, 0.29) is 30.0 Å². The second kappa shape index (κ2) is 8.36. The summed E-state index contributed by atoms with van der Waals surface area (Å²) >= 11 is 12.4.